The third kappa shape index (κ3) is 2.92. The maximum Gasteiger partial charge on any atom is 0.249 e. The fourth-order valence-corrected chi connectivity index (χ4v) is 1.64. The second-order valence-electron chi connectivity index (χ2n) is 4.07. The molecule has 1 unspecified atom stereocenters. The minimum atomic E-state index is -0.442. The number of fused-ring (bicyclic) bond motifs is 1. The van der Waals surface area contributed by atoms with Crippen LogP contribution in [0.4, 0.5) is 0 Å². The molecule has 0 bridgehead atoms. The summed E-state index contributed by atoms with van der Waals surface area (Å²) >= 11 is 0. The molecule has 0 aromatic heterocycles. The lowest BCUT2D eigenvalue weighted by atomic mass is 10.2. The highest BCUT2D eigenvalue weighted by Gasteiger charge is 2.13. The smallest absolute Gasteiger partial charge is 0.249 e. The van der Waals surface area contributed by atoms with Gasteiger partial charge in [-0.1, -0.05) is 6.07 Å². The average Bonchev–Trinajstić information content (AvgIpc) is 2.43. The Morgan fingerprint density at radius 1 is 1.39 bits per heavy atom. The zero-order valence-electron chi connectivity index (χ0n) is 10.6. The Morgan fingerprint density at radius 2 is 2.11 bits per heavy atom. The number of amides is 1. The summed E-state index contributed by atoms with van der Waals surface area (Å²) in [6.45, 7) is 3.29. The molecule has 1 aromatic rings. The van der Waals surface area contributed by atoms with E-state index in [-0.39, 0.29) is 5.91 Å². The van der Waals surface area contributed by atoms with Crippen LogP contribution in [-0.2, 0) is 16.1 Å². The molecule has 5 nitrogen and oxygen atoms in total. The largest absolute Gasteiger partial charge is 0.486 e. The van der Waals surface area contributed by atoms with Crippen molar-refractivity contribution < 1.29 is 19.0 Å². The highest BCUT2D eigenvalue weighted by Crippen LogP contribution is 2.30. The maximum atomic E-state index is 11.5. The Hall–Kier alpha value is -1.75. The molecule has 18 heavy (non-hydrogen) atoms. The van der Waals surface area contributed by atoms with Gasteiger partial charge in [0.15, 0.2) is 11.5 Å². The maximum absolute atomic E-state index is 11.5. The summed E-state index contributed by atoms with van der Waals surface area (Å²) in [7, 11) is 1.51. The molecule has 5 heteroatoms. The van der Waals surface area contributed by atoms with Gasteiger partial charge in [-0.05, 0) is 24.6 Å². The van der Waals surface area contributed by atoms with Gasteiger partial charge in [-0.25, -0.2) is 0 Å². The van der Waals surface area contributed by atoms with Crippen LogP contribution in [0.25, 0.3) is 0 Å². The predicted molar refractivity (Wildman–Crippen MR) is 65.7 cm³/mol. The molecule has 0 spiro atoms. The van der Waals surface area contributed by atoms with Crippen LogP contribution in [0.1, 0.15) is 12.5 Å². The van der Waals surface area contributed by atoms with Gasteiger partial charge in [-0.15, -0.1) is 0 Å². The van der Waals surface area contributed by atoms with Crippen molar-refractivity contribution in [1.29, 1.82) is 0 Å². The van der Waals surface area contributed by atoms with Crippen molar-refractivity contribution >= 4 is 5.91 Å². The fourth-order valence-electron chi connectivity index (χ4n) is 1.64. The van der Waals surface area contributed by atoms with Gasteiger partial charge in [0, 0.05) is 13.7 Å². The number of methoxy groups -OCH3 is 1. The van der Waals surface area contributed by atoms with Crippen LogP contribution < -0.4 is 14.8 Å². The third-order valence-electron chi connectivity index (χ3n) is 2.80. The standard InChI is InChI=1S/C13H17NO4/c1-9(16-2)13(15)14-8-10-3-4-11-12(7-10)18-6-5-17-11/h3-4,7,9H,5-6,8H2,1-2H3,(H,14,15). The number of hydrogen-bond acceptors (Lipinski definition) is 4. The molecule has 0 radical (unpaired) electrons. The molecule has 1 heterocycles. The molecule has 0 saturated heterocycles. The van der Waals surface area contributed by atoms with E-state index in [0.717, 1.165) is 17.1 Å². The van der Waals surface area contributed by atoms with Gasteiger partial charge in [-0.2, -0.15) is 0 Å². The van der Waals surface area contributed by atoms with E-state index in [0.29, 0.717) is 19.8 Å². The first-order valence-electron chi connectivity index (χ1n) is 5.89. The quantitative estimate of drug-likeness (QED) is 0.871. The number of rotatable bonds is 4. The molecule has 98 valence electrons. The predicted octanol–water partition coefficient (Wildman–Crippen LogP) is 1.11. The summed E-state index contributed by atoms with van der Waals surface area (Å²) in [5, 5.41) is 2.80. The van der Waals surface area contributed by atoms with Gasteiger partial charge in [-0.3, -0.25) is 4.79 Å². The number of carbonyl (C=O) groups excluding carboxylic acids is 1. The molecular weight excluding hydrogens is 234 g/mol. The summed E-state index contributed by atoms with van der Waals surface area (Å²) in [6.07, 6.45) is -0.442. The molecule has 1 aliphatic rings. The van der Waals surface area contributed by atoms with Crippen LogP contribution in [-0.4, -0.2) is 32.3 Å². The zero-order valence-corrected chi connectivity index (χ0v) is 10.6. The molecule has 1 amide bonds. The van der Waals surface area contributed by atoms with Crippen molar-refractivity contribution in [2.45, 2.75) is 19.6 Å². The molecule has 1 aromatic carbocycles. The molecule has 1 N–H and O–H groups in total. The Bertz CT molecular complexity index is 433. The molecule has 0 saturated carbocycles. The van der Waals surface area contributed by atoms with Crippen molar-refractivity contribution in [2.75, 3.05) is 20.3 Å². The van der Waals surface area contributed by atoms with Gasteiger partial charge in [0.25, 0.3) is 0 Å². The highest BCUT2D eigenvalue weighted by atomic mass is 16.6. The number of hydrogen-bond donors (Lipinski definition) is 1. The summed E-state index contributed by atoms with van der Waals surface area (Å²) in [4.78, 5) is 11.5. The van der Waals surface area contributed by atoms with Crippen LogP contribution in [0.5, 0.6) is 11.5 Å². The van der Waals surface area contributed by atoms with Crippen molar-refractivity contribution in [3.8, 4) is 11.5 Å². The minimum Gasteiger partial charge on any atom is -0.486 e. The molecular formula is C13H17NO4. The van der Waals surface area contributed by atoms with E-state index < -0.39 is 6.10 Å². The van der Waals surface area contributed by atoms with Crippen LogP contribution in [0.15, 0.2) is 18.2 Å². The fraction of sp³-hybridized carbons (Fsp3) is 0.462. The topological polar surface area (TPSA) is 56.8 Å². The molecule has 0 aliphatic carbocycles. The van der Waals surface area contributed by atoms with Gasteiger partial charge < -0.3 is 19.5 Å². The number of carbonyl (C=O) groups is 1. The molecule has 1 aliphatic heterocycles. The van der Waals surface area contributed by atoms with Gasteiger partial charge >= 0.3 is 0 Å². The summed E-state index contributed by atoms with van der Waals surface area (Å²) in [5.41, 5.74) is 0.968. The van der Waals surface area contributed by atoms with E-state index in [2.05, 4.69) is 5.32 Å². The highest BCUT2D eigenvalue weighted by molar-refractivity contribution is 5.80. The summed E-state index contributed by atoms with van der Waals surface area (Å²) in [6, 6.07) is 5.65. The lowest BCUT2D eigenvalue weighted by molar-refractivity contribution is -0.130. The Morgan fingerprint density at radius 3 is 2.83 bits per heavy atom. The number of ether oxygens (including phenoxy) is 3. The number of nitrogens with one attached hydrogen (secondary N) is 1. The monoisotopic (exact) mass is 251 g/mol. The molecule has 2 rings (SSSR count). The van der Waals surface area contributed by atoms with Crippen LogP contribution in [0.2, 0.25) is 0 Å². The normalized spacial score (nSPS) is 15.0. The average molecular weight is 251 g/mol. The van der Waals surface area contributed by atoms with Crippen molar-refractivity contribution in [2.24, 2.45) is 0 Å². The van der Waals surface area contributed by atoms with Gasteiger partial charge in [0.1, 0.15) is 19.3 Å². The van der Waals surface area contributed by atoms with Crippen LogP contribution >= 0.6 is 0 Å². The summed E-state index contributed by atoms with van der Waals surface area (Å²) < 4.78 is 15.8. The first-order chi connectivity index (χ1) is 8.70. The van der Waals surface area contributed by atoms with E-state index in [9.17, 15) is 4.79 Å². The second-order valence-corrected chi connectivity index (χ2v) is 4.07. The Labute approximate surface area is 106 Å². The van der Waals surface area contributed by atoms with E-state index in [1.54, 1.807) is 6.92 Å². The zero-order chi connectivity index (χ0) is 13.0. The van der Waals surface area contributed by atoms with Gasteiger partial charge in [0.05, 0.1) is 0 Å². The number of benzene rings is 1. The SMILES string of the molecule is COC(C)C(=O)NCc1ccc2c(c1)OCCO2. The first-order valence-corrected chi connectivity index (χ1v) is 5.89. The van der Waals surface area contributed by atoms with E-state index in [4.69, 9.17) is 14.2 Å². The van der Waals surface area contributed by atoms with E-state index >= 15 is 0 Å². The second kappa shape index (κ2) is 5.73. The van der Waals surface area contributed by atoms with Crippen molar-refractivity contribution in [3.05, 3.63) is 23.8 Å². The van der Waals surface area contributed by atoms with Crippen LogP contribution in [0, 0.1) is 0 Å². The van der Waals surface area contributed by atoms with E-state index in [1.165, 1.54) is 7.11 Å². The molecule has 0 fully saturated rings. The lowest BCUT2D eigenvalue weighted by Crippen LogP contribution is -2.33. The Kier molecular flexibility index (Phi) is 4.04. The summed E-state index contributed by atoms with van der Waals surface area (Å²) in [5.74, 6) is 1.35. The lowest BCUT2D eigenvalue weighted by Gasteiger charge is -2.19. The minimum absolute atomic E-state index is 0.132. The van der Waals surface area contributed by atoms with Crippen molar-refractivity contribution in [1.82, 2.24) is 5.32 Å². The molecule has 1 atom stereocenters. The first kappa shape index (κ1) is 12.7. The Balaban J connectivity index is 1.96. The van der Waals surface area contributed by atoms with Crippen LogP contribution in [0.3, 0.4) is 0 Å². The third-order valence-corrected chi connectivity index (χ3v) is 2.80. The van der Waals surface area contributed by atoms with Crippen molar-refractivity contribution in [3.63, 3.8) is 0 Å². The van der Waals surface area contributed by atoms with E-state index in [1.807, 2.05) is 18.2 Å². The van der Waals surface area contributed by atoms with Gasteiger partial charge in [0.2, 0.25) is 5.91 Å².